The van der Waals surface area contributed by atoms with Crippen molar-refractivity contribution in [2.45, 2.75) is 45.2 Å². The van der Waals surface area contributed by atoms with Gasteiger partial charge in [0.05, 0.1) is 11.7 Å². The Morgan fingerprint density at radius 1 is 1.21 bits per heavy atom. The molecule has 0 aliphatic carbocycles. The lowest BCUT2D eigenvalue weighted by molar-refractivity contribution is 0.0644. The number of nitrogens with zero attached hydrogens (tertiary/aromatic N) is 5. The first-order valence-electron chi connectivity index (χ1n) is 9.95. The quantitative estimate of drug-likeness (QED) is 0.855. The third-order valence-corrected chi connectivity index (χ3v) is 5.27. The van der Waals surface area contributed by atoms with E-state index in [-0.39, 0.29) is 29.1 Å². The van der Waals surface area contributed by atoms with Crippen LogP contribution >= 0.6 is 0 Å². The average molecular weight is 399 g/mol. The van der Waals surface area contributed by atoms with Gasteiger partial charge in [0.25, 0.3) is 11.8 Å². The summed E-state index contributed by atoms with van der Waals surface area (Å²) in [6.07, 6.45) is 3.75. The van der Waals surface area contributed by atoms with Crippen molar-refractivity contribution in [1.29, 1.82) is 0 Å². The number of carbonyl (C=O) groups excluding carboxylic acids is 2. The summed E-state index contributed by atoms with van der Waals surface area (Å²) in [6.45, 7) is 7.94. The molecule has 8 nitrogen and oxygen atoms in total. The highest BCUT2D eigenvalue weighted by atomic mass is 16.2. The van der Waals surface area contributed by atoms with E-state index in [1.165, 1.54) is 0 Å². The molecular weight excluding hydrogens is 368 g/mol. The number of hydrogen-bond acceptors (Lipinski definition) is 5. The summed E-state index contributed by atoms with van der Waals surface area (Å²) in [5, 5.41) is 10.8. The van der Waals surface area contributed by atoms with Crippen molar-refractivity contribution < 1.29 is 9.59 Å². The Bertz CT molecular complexity index is 868. The molecule has 1 saturated heterocycles. The number of likely N-dealkylation sites (N-methyl/N-ethyl adjacent to an activating group) is 2. The number of nitrogens with one attached hydrogen (secondary N) is 1. The van der Waals surface area contributed by atoms with Crippen LogP contribution in [0.25, 0.3) is 0 Å². The van der Waals surface area contributed by atoms with Gasteiger partial charge in [0, 0.05) is 30.9 Å². The Balaban J connectivity index is 1.63. The monoisotopic (exact) mass is 398 g/mol. The SMILES string of the molecule is CN1CCC[C@H](N(C)C(=O)c2ccc(NC(=O)c3cn(C(C)(C)C)nn3)cc2)C1. The van der Waals surface area contributed by atoms with E-state index in [1.807, 2.05) is 32.7 Å². The fourth-order valence-electron chi connectivity index (χ4n) is 3.41. The summed E-state index contributed by atoms with van der Waals surface area (Å²) < 4.78 is 1.65. The predicted octanol–water partition coefficient (Wildman–Crippen LogP) is 2.45. The van der Waals surface area contributed by atoms with Gasteiger partial charge in [-0.1, -0.05) is 5.21 Å². The van der Waals surface area contributed by atoms with E-state index in [0.29, 0.717) is 11.3 Å². The van der Waals surface area contributed by atoms with Gasteiger partial charge in [0.2, 0.25) is 0 Å². The summed E-state index contributed by atoms with van der Waals surface area (Å²) in [5.41, 5.74) is 1.22. The highest BCUT2D eigenvalue weighted by Crippen LogP contribution is 2.18. The largest absolute Gasteiger partial charge is 0.337 e. The van der Waals surface area contributed by atoms with E-state index in [9.17, 15) is 9.59 Å². The number of anilines is 1. The zero-order chi connectivity index (χ0) is 21.2. The van der Waals surface area contributed by atoms with Crippen LogP contribution in [0.2, 0.25) is 0 Å². The molecule has 1 aromatic carbocycles. The first-order chi connectivity index (χ1) is 13.6. The topological polar surface area (TPSA) is 83.4 Å². The highest BCUT2D eigenvalue weighted by Gasteiger charge is 2.25. The van der Waals surface area contributed by atoms with Crippen LogP contribution in [-0.2, 0) is 5.54 Å². The molecule has 2 amide bonds. The summed E-state index contributed by atoms with van der Waals surface area (Å²) in [6, 6.07) is 7.19. The molecule has 0 spiro atoms. The Morgan fingerprint density at radius 2 is 1.90 bits per heavy atom. The van der Waals surface area contributed by atoms with Crippen molar-refractivity contribution in [3.8, 4) is 0 Å². The van der Waals surface area contributed by atoms with Crippen LogP contribution < -0.4 is 5.32 Å². The lowest BCUT2D eigenvalue weighted by Crippen LogP contribution is -2.47. The van der Waals surface area contributed by atoms with Crippen LogP contribution in [0.1, 0.15) is 54.5 Å². The normalized spacial score (nSPS) is 17.8. The zero-order valence-electron chi connectivity index (χ0n) is 17.8. The Morgan fingerprint density at radius 3 is 2.48 bits per heavy atom. The average Bonchev–Trinajstić information content (AvgIpc) is 3.18. The van der Waals surface area contributed by atoms with Crippen LogP contribution in [-0.4, -0.2) is 69.8 Å². The van der Waals surface area contributed by atoms with Crippen LogP contribution in [0.3, 0.4) is 0 Å². The molecule has 1 aliphatic rings. The van der Waals surface area contributed by atoms with Crippen LogP contribution in [0, 0.1) is 0 Å². The van der Waals surface area contributed by atoms with Gasteiger partial charge in [-0.3, -0.25) is 9.59 Å². The summed E-state index contributed by atoms with van der Waals surface area (Å²) in [4.78, 5) is 29.3. The number of amides is 2. The molecule has 8 heteroatoms. The van der Waals surface area contributed by atoms with Gasteiger partial charge in [-0.05, 0) is 71.5 Å². The smallest absolute Gasteiger partial charge is 0.277 e. The Labute approximate surface area is 171 Å². The van der Waals surface area contributed by atoms with Crippen molar-refractivity contribution in [2.75, 3.05) is 32.5 Å². The van der Waals surface area contributed by atoms with E-state index in [2.05, 4.69) is 27.6 Å². The second-order valence-electron chi connectivity index (χ2n) is 8.72. The highest BCUT2D eigenvalue weighted by molar-refractivity contribution is 6.03. The van der Waals surface area contributed by atoms with Crippen molar-refractivity contribution in [3.05, 3.63) is 41.7 Å². The second kappa shape index (κ2) is 8.32. The van der Waals surface area contributed by atoms with Gasteiger partial charge in [-0.25, -0.2) is 4.68 Å². The predicted molar refractivity (Wildman–Crippen MR) is 112 cm³/mol. The fourth-order valence-corrected chi connectivity index (χ4v) is 3.41. The number of rotatable bonds is 4. The van der Waals surface area contributed by atoms with Crippen molar-refractivity contribution in [3.63, 3.8) is 0 Å². The first-order valence-corrected chi connectivity index (χ1v) is 9.95. The van der Waals surface area contributed by atoms with Gasteiger partial charge in [0.1, 0.15) is 0 Å². The minimum Gasteiger partial charge on any atom is -0.337 e. The molecule has 1 atom stereocenters. The van der Waals surface area contributed by atoms with Crippen LogP contribution in [0.4, 0.5) is 5.69 Å². The molecule has 2 heterocycles. The molecule has 2 aromatic rings. The van der Waals surface area contributed by atoms with Crippen molar-refractivity contribution in [1.82, 2.24) is 24.8 Å². The molecule has 0 radical (unpaired) electrons. The lowest BCUT2D eigenvalue weighted by atomic mass is 10.0. The molecule has 29 heavy (non-hydrogen) atoms. The molecule has 1 aromatic heterocycles. The molecule has 1 N–H and O–H groups in total. The number of carbonyl (C=O) groups is 2. The maximum absolute atomic E-state index is 12.8. The third kappa shape index (κ3) is 5.00. The Kier molecular flexibility index (Phi) is 6.02. The maximum Gasteiger partial charge on any atom is 0.277 e. The lowest BCUT2D eigenvalue weighted by Gasteiger charge is -2.35. The van der Waals surface area contributed by atoms with E-state index < -0.39 is 0 Å². The second-order valence-corrected chi connectivity index (χ2v) is 8.72. The molecule has 156 valence electrons. The minimum atomic E-state index is -0.332. The molecule has 0 unspecified atom stereocenters. The van der Waals surface area contributed by atoms with Crippen molar-refractivity contribution in [2.24, 2.45) is 0 Å². The van der Waals surface area contributed by atoms with E-state index in [0.717, 1.165) is 25.9 Å². The molecule has 1 aliphatic heterocycles. The summed E-state index contributed by atoms with van der Waals surface area (Å²) in [7, 11) is 3.95. The number of hydrogen-bond donors (Lipinski definition) is 1. The van der Waals surface area contributed by atoms with Crippen LogP contribution in [0.15, 0.2) is 30.5 Å². The summed E-state index contributed by atoms with van der Waals surface area (Å²) >= 11 is 0. The number of benzene rings is 1. The Hall–Kier alpha value is -2.74. The third-order valence-electron chi connectivity index (χ3n) is 5.27. The molecule has 0 saturated carbocycles. The maximum atomic E-state index is 12.8. The van der Waals surface area contributed by atoms with Gasteiger partial charge in [-0.2, -0.15) is 0 Å². The van der Waals surface area contributed by atoms with Gasteiger partial charge >= 0.3 is 0 Å². The number of aromatic nitrogens is 3. The number of likely N-dealkylation sites (tertiary alicyclic amines) is 1. The van der Waals surface area contributed by atoms with Gasteiger partial charge in [0.15, 0.2) is 5.69 Å². The standard InChI is InChI=1S/C21H30N6O2/c1-21(2,3)27-14-18(23-24-27)19(28)22-16-10-8-15(9-11-16)20(29)26(5)17-7-6-12-25(4)13-17/h8-11,14,17H,6-7,12-13H2,1-5H3,(H,22,28)/t17-/m0/s1. The van der Waals surface area contributed by atoms with Crippen LogP contribution in [0.5, 0.6) is 0 Å². The number of piperidine rings is 1. The van der Waals surface area contributed by atoms with Crippen molar-refractivity contribution >= 4 is 17.5 Å². The van der Waals surface area contributed by atoms with Gasteiger partial charge < -0.3 is 15.1 Å². The van der Waals surface area contributed by atoms with Gasteiger partial charge in [-0.15, -0.1) is 5.10 Å². The molecule has 1 fully saturated rings. The molecule has 3 rings (SSSR count). The first kappa shape index (κ1) is 21.0. The van der Waals surface area contributed by atoms with E-state index in [1.54, 1.807) is 35.1 Å². The van der Waals surface area contributed by atoms with E-state index >= 15 is 0 Å². The summed E-state index contributed by atoms with van der Waals surface area (Å²) in [5.74, 6) is -0.335. The minimum absolute atomic E-state index is 0.00343. The fraction of sp³-hybridized carbons (Fsp3) is 0.524. The zero-order valence-corrected chi connectivity index (χ0v) is 17.8. The molecular formula is C21H30N6O2. The molecule has 0 bridgehead atoms. The van der Waals surface area contributed by atoms with E-state index in [4.69, 9.17) is 0 Å².